The number of halogens is 1. The van der Waals surface area contributed by atoms with E-state index in [0.29, 0.717) is 6.54 Å². The molecule has 108 valence electrons. The van der Waals surface area contributed by atoms with Gasteiger partial charge < -0.3 is 10.6 Å². The Balaban J connectivity index is 2.27. The zero-order chi connectivity index (χ0) is 14.9. The molecule has 1 amide bonds. The summed E-state index contributed by atoms with van der Waals surface area (Å²) in [6.45, 7) is 2.50. The van der Waals surface area contributed by atoms with Crippen molar-refractivity contribution in [2.45, 2.75) is 19.8 Å². The number of nitro groups is 1. The quantitative estimate of drug-likeness (QED) is 0.640. The van der Waals surface area contributed by atoms with Crippen LogP contribution in [0.4, 0.5) is 15.8 Å². The fourth-order valence-corrected chi connectivity index (χ4v) is 1.87. The maximum absolute atomic E-state index is 13.5. The third-order valence-electron chi connectivity index (χ3n) is 3.58. The number of nitrogens with zero attached hydrogens (tertiary/aromatic N) is 1. The Morgan fingerprint density at radius 3 is 2.65 bits per heavy atom. The molecule has 2 rings (SSSR count). The lowest BCUT2D eigenvalue weighted by atomic mass is 10.1. The van der Waals surface area contributed by atoms with Crippen molar-refractivity contribution < 1.29 is 14.1 Å². The lowest BCUT2D eigenvalue weighted by Gasteiger charge is -2.11. The van der Waals surface area contributed by atoms with Crippen molar-refractivity contribution in [1.29, 1.82) is 0 Å². The second-order valence-corrected chi connectivity index (χ2v) is 5.35. The summed E-state index contributed by atoms with van der Waals surface area (Å²) in [6, 6.07) is 1.93. The highest BCUT2D eigenvalue weighted by molar-refractivity contribution is 5.99. The van der Waals surface area contributed by atoms with Gasteiger partial charge >= 0.3 is 0 Å². The molecule has 20 heavy (non-hydrogen) atoms. The molecule has 6 nitrogen and oxygen atoms in total. The summed E-state index contributed by atoms with van der Waals surface area (Å²) >= 11 is 0. The minimum atomic E-state index is -0.759. The smallest absolute Gasteiger partial charge is 0.285 e. The van der Waals surface area contributed by atoms with Gasteiger partial charge in [0, 0.05) is 13.6 Å². The number of nitrogens with one attached hydrogen (secondary N) is 2. The minimum absolute atomic E-state index is 0.0541. The Labute approximate surface area is 115 Å². The lowest BCUT2D eigenvalue weighted by Crippen LogP contribution is -2.29. The van der Waals surface area contributed by atoms with Crippen LogP contribution in [0.25, 0.3) is 0 Å². The van der Waals surface area contributed by atoms with E-state index in [1.54, 1.807) is 0 Å². The predicted molar refractivity (Wildman–Crippen MR) is 72.3 cm³/mol. The van der Waals surface area contributed by atoms with Crippen LogP contribution in [0.15, 0.2) is 12.1 Å². The van der Waals surface area contributed by atoms with E-state index in [1.165, 1.54) is 7.05 Å². The molecule has 1 saturated carbocycles. The number of benzene rings is 1. The van der Waals surface area contributed by atoms with Gasteiger partial charge in [0.2, 0.25) is 0 Å². The van der Waals surface area contributed by atoms with Crippen LogP contribution in [0, 0.1) is 21.3 Å². The van der Waals surface area contributed by atoms with E-state index in [2.05, 4.69) is 10.6 Å². The summed E-state index contributed by atoms with van der Waals surface area (Å²) in [5.41, 5.74) is -0.514. The maximum atomic E-state index is 13.5. The van der Waals surface area contributed by atoms with E-state index in [0.717, 1.165) is 25.0 Å². The summed E-state index contributed by atoms with van der Waals surface area (Å²) in [5.74, 6) is -1.31. The number of rotatable bonds is 5. The van der Waals surface area contributed by atoms with E-state index < -0.39 is 22.3 Å². The normalized spacial score (nSPS) is 15.6. The Bertz CT molecular complexity index is 570. The maximum Gasteiger partial charge on any atom is 0.285 e. The highest BCUT2D eigenvalue weighted by atomic mass is 19.1. The number of hydrogen-bond acceptors (Lipinski definition) is 4. The molecule has 0 aliphatic heterocycles. The number of anilines is 1. The molecule has 0 spiro atoms. The van der Waals surface area contributed by atoms with Crippen LogP contribution >= 0.6 is 0 Å². The molecule has 0 heterocycles. The highest BCUT2D eigenvalue weighted by Gasteiger charge is 2.37. The van der Waals surface area contributed by atoms with Crippen LogP contribution in [0.1, 0.15) is 30.1 Å². The van der Waals surface area contributed by atoms with Crippen LogP contribution < -0.4 is 10.6 Å². The molecule has 0 aromatic heterocycles. The van der Waals surface area contributed by atoms with Crippen LogP contribution in [0.5, 0.6) is 0 Å². The Morgan fingerprint density at radius 1 is 1.50 bits per heavy atom. The fraction of sp³-hybridized carbons (Fsp3) is 0.462. The predicted octanol–water partition coefficient (Wildman–Crippen LogP) is 2.31. The topological polar surface area (TPSA) is 84.3 Å². The number of nitro benzene ring substituents is 1. The van der Waals surface area contributed by atoms with E-state index in [9.17, 15) is 19.3 Å². The third-order valence-corrected chi connectivity index (χ3v) is 3.58. The van der Waals surface area contributed by atoms with Crippen molar-refractivity contribution in [1.82, 2.24) is 5.32 Å². The van der Waals surface area contributed by atoms with Crippen molar-refractivity contribution >= 4 is 17.3 Å². The molecule has 0 radical (unpaired) electrons. The number of hydrogen-bond donors (Lipinski definition) is 2. The molecule has 1 fully saturated rings. The molecule has 7 heteroatoms. The summed E-state index contributed by atoms with van der Waals surface area (Å²) < 4.78 is 13.5. The van der Waals surface area contributed by atoms with Crippen LogP contribution in [-0.2, 0) is 0 Å². The minimum Gasteiger partial charge on any atom is -0.386 e. The first kappa shape index (κ1) is 14.2. The monoisotopic (exact) mass is 281 g/mol. The lowest BCUT2D eigenvalue weighted by molar-refractivity contribution is -0.385. The fourth-order valence-electron chi connectivity index (χ4n) is 1.87. The first-order valence-corrected chi connectivity index (χ1v) is 6.30. The Kier molecular flexibility index (Phi) is 3.61. The molecule has 1 aliphatic carbocycles. The van der Waals surface area contributed by atoms with Crippen LogP contribution in [0.2, 0.25) is 0 Å². The van der Waals surface area contributed by atoms with Gasteiger partial charge in [-0.2, -0.15) is 0 Å². The third kappa shape index (κ3) is 2.87. The second-order valence-electron chi connectivity index (χ2n) is 5.35. The van der Waals surface area contributed by atoms with E-state index in [1.807, 2.05) is 6.92 Å². The summed E-state index contributed by atoms with van der Waals surface area (Å²) in [4.78, 5) is 22.2. The molecule has 0 atom stereocenters. The Hall–Kier alpha value is -2.18. The molecular formula is C13H16FN3O3. The molecule has 2 N–H and O–H groups in total. The largest absolute Gasteiger partial charge is 0.386 e. The van der Waals surface area contributed by atoms with Gasteiger partial charge in [-0.1, -0.05) is 6.92 Å². The average Bonchev–Trinajstić information content (AvgIpc) is 3.14. The van der Waals surface area contributed by atoms with Crippen LogP contribution in [-0.4, -0.2) is 24.4 Å². The first-order chi connectivity index (χ1) is 9.36. The van der Waals surface area contributed by atoms with Gasteiger partial charge in [0.05, 0.1) is 16.7 Å². The van der Waals surface area contributed by atoms with E-state index >= 15 is 0 Å². The van der Waals surface area contributed by atoms with Gasteiger partial charge in [0.1, 0.15) is 5.56 Å². The van der Waals surface area contributed by atoms with Gasteiger partial charge in [-0.25, -0.2) is 4.39 Å². The Morgan fingerprint density at radius 2 is 2.15 bits per heavy atom. The average molecular weight is 281 g/mol. The van der Waals surface area contributed by atoms with E-state index in [-0.39, 0.29) is 16.7 Å². The molecule has 0 saturated heterocycles. The molecule has 0 bridgehead atoms. The van der Waals surface area contributed by atoms with Gasteiger partial charge in [0.15, 0.2) is 5.82 Å². The summed E-state index contributed by atoms with van der Waals surface area (Å²) in [5, 5.41) is 16.2. The standard InChI is InChI=1S/C13H16FN3O3/c1-13(3-4-13)7-16-12(18)8-5-10(15-2)9(14)6-11(8)17(19)20/h5-6,15H,3-4,7H2,1-2H3,(H,16,18). The zero-order valence-corrected chi connectivity index (χ0v) is 11.3. The molecular weight excluding hydrogens is 265 g/mol. The molecule has 1 aliphatic rings. The van der Waals surface area contributed by atoms with Gasteiger partial charge in [0.25, 0.3) is 11.6 Å². The van der Waals surface area contributed by atoms with Crippen molar-refractivity contribution in [2.24, 2.45) is 5.41 Å². The van der Waals surface area contributed by atoms with Gasteiger partial charge in [-0.15, -0.1) is 0 Å². The molecule has 1 aromatic rings. The second kappa shape index (κ2) is 5.07. The number of amides is 1. The van der Waals surface area contributed by atoms with Crippen molar-refractivity contribution in [3.63, 3.8) is 0 Å². The van der Waals surface area contributed by atoms with E-state index in [4.69, 9.17) is 0 Å². The summed E-state index contributed by atoms with van der Waals surface area (Å²) in [6.07, 6.45) is 2.06. The van der Waals surface area contributed by atoms with Gasteiger partial charge in [-0.3, -0.25) is 14.9 Å². The van der Waals surface area contributed by atoms with Crippen LogP contribution in [0.3, 0.4) is 0 Å². The first-order valence-electron chi connectivity index (χ1n) is 6.30. The highest BCUT2D eigenvalue weighted by Crippen LogP contribution is 2.44. The van der Waals surface area contributed by atoms with Crippen molar-refractivity contribution in [2.75, 3.05) is 18.9 Å². The number of carbonyl (C=O) groups is 1. The molecule has 1 aromatic carbocycles. The zero-order valence-electron chi connectivity index (χ0n) is 11.3. The van der Waals surface area contributed by atoms with Crippen molar-refractivity contribution in [3.8, 4) is 0 Å². The molecule has 0 unspecified atom stereocenters. The van der Waals surface area contributed by atoms with Crippen molar-refractivity contribution in [3.05, 3.63) is 33.6 Å². The number of carbonyl (C=O) groups excluding carboxylic acids is 1. The summed E-state index contributed by atoms with van der Waals surface area (Å²) in [7, 11) is 1.48. The van der Waals surface area contributed by atoms with Gasteiger partial charge in [-0.05, 0) is 24.3 Å². The SMILES string of the molecule is CNc1cc(C(=O)NCC2(C)CC2)c([N+](=O)[O-])cc1F.